The zero-order chi connectivity index (χ0) is 20.7. The predicted octanol–water partition coefficient (Wildman–Crippen LogP) is 3.11. The van der Waals surface area contributed by atoms with E-state index in [1.54, 1.807) is 36.0 Å². The number of thioether (sulfide) groups is 1. The minimum atomic E-state index is -3.75. The maximum Gasteiger partial charge on any atom is 0.325 e. The van der Waals surface area contributed by atoms with Gasteiger partial charge in [-0.1, -0.05) is 35.9 Å². The average molecular weight is 436 g/mol. The lowest BCUT2D eigenvalue weighted by molar-refractivity contribution is -0.147. The van der Waals surface area contributed by atoms with Crippen LogP contribution in [0.25, 0.3) is 0 Å². The van der Waals surface area contributed by atoms with Gasteiger partial charge in [0.25, 0.3) is 0 Å². The van der Waals surface area contributed by atoms with Crippen molar-refractivity contribution in [1.29, 1.82) is 0 Å². The maximum atomic E-state index is 13.0. The number of esters is 1. The van der Waals surface area contributed by atoms with Gasteiger partial charge < -0.3 is 9.47 Å². The van der Waals surface area contributed by atoms with Crippen LogP contribution >= 0.6 is 11.8 Å². The van der Waals surface area contributed by atoms with Crippen LogP contribution in [0.15, 0.2) is 59.5 Å². The van der Waals surface area contributed by atoms with Gasteiger partial charge in [-0.25, -0.2) is 8.42 Å². The van der Waals surface area contributed by atoms with Crippen LogP contribution in [0.3, 0.4) is 0 Å². The topological polar surface area (TPSA) is 72.9 Å². The summed E-state index contributed by atoms with van der Waals surface area (Å²) in [5.41, 5.74) is 0.979. The molecule has 29 heavy (non-hydrogen) atoms. The molecular formula is C21H25NO5S2. The zero-order valence-corrected chi connectivity index (χ0v) is 18.0. The van der Waals surface area contributed by atoms with Crippen LogP contribution in [0, 0.1) is 6.92 Å². The lowest BCUT2D eigenvalue weighted by Gasteiger charge is -2.32. The molecule has 1 heterocycles. The summed E-state index contributed by atoms with van der Waals surface area (Å²) in [6.45, 7) is 2.79. The molecule has 2 aromatic rings. The van der Waals surface area contributed by atoms with Gasteiger partial charge in [0.15, 0.2) is 0 Å². The highest BCUT2D eigenvalue weighted by atomic mass is 32.2. The van der Waals surface area contributed by atoms with E-state index in [1.807, 2.05) is 37.3 Å². The Morgan fingerprint density at radius 1 is 1.10 bits per heavy atom. The zero-order valence-electron chi connectivity index (χ0n) is 16.3. The van der Waals surface area contributed by atoms with Crippen LogP contribution in [0.2, 0.25) is 0 Å². The summed E-state index contributed by atoms with van der Waals surface area (Å²) in [5.74, 6) is 1.30. The third-order valence-corrected chi connectivity index (χ3v) is 7.47. The molecule has 0 aliphatic carbocycles. The molecule has 0 spiro atoms. The SMILES string of the molecule is Cc1ccc(S(=O)(=O)N2CCSC[C@H]2C(=O)OCCCOc2ccccc2)cc1. The van der Waals surface area contributed by atoms with Crippen LogP contribution in [-0.2, 0) is 19.6 Å². The van der Waals surface area contributed by atoms with Gasteiger partial charge in [0.05, 0.1) is 18.1 Å². The molecule has 156 valence electrons. The van der Waals surface area contributed by atoms with Gasteiger partial charge >= 0.3 is 5.97 Å². The van der Waals surface area contributed by atoms with Gasteiger partial charge in [-0.3, -0.25) is 4.79 Å². The highest BCUT2D eigenvalue weighted by Crippen LogP contribution is 2.25. The first-order valence-corrected chi connectivity index (χ1v) is 12.1. The minimum absolute atomic E-state index is 0.186. The van der Waals surface area contributed by atoms with E-state index in [4.69, 9.17) is 9.47 Å². The van der Waals surface area contributed by atoms with Crippen LogP contribution in [0.1, 0.15) is 12.0 Å². The lowest BCUT2D eigenvalue weighted by atomic mass is 10.2. The Morgan fingerprint density at radius 2 is 1.83 bits per heavy atom. The number of carbonyl (C=O) groups excluding carboxylic acids is 1. The van der Waals surface area contributed by atoms with Gasteiger partial charge in [-0.05, 0) is 31.2 Å². The van der Waals surface area contributed by atoms with Crippen molar-refractivity contribution in [3.8, 4) is 5.75 Å². The molecule has 1 aliphatic rings. The molecule has 1 saturated heterocycles. The van der Waals surface area contributed by atoms with Crippen molar-refractivity contribution in [3.63, 3.8) is 0 Å². The van der Waals surface area contributed by atoms with E-state index in [9.17, 15) is 13.2 Å². The van der Waals surface area contributed by atoms with Crippen molar-refractivity contribution in [2.45, 2.75) is 24.3 Å². The monoisotopic (exact) mass is 435 g/mol. The Bertz CT molecular complexity index is 900. The summed E-state index contributed by atoms with van der Waals surface area (Å²) in [4.78, 5) is 12.8. The van der Waals surface area contributed by atoms with E-state index >= 15 is 0 Å². The molecular weight excluding hydrogens is 410 g/mol. The number of carbonyl (C=O) groups is 1. The summed E-state index contributed by atoms with van der Waals surface area (Å²) >= 11 is 1.56. The van der Waals surface area contributed by atoms with E-state index in [0.717, 1.165) is 11.3 Å². The molecule has 0 aromatic heterocycles. The van der Waals surface area contributed by atoms with Crippen molar-refractivity contribution < 1.29 is 22.7 Å². The van der Waals surface area contributed by atoms with Crippen molar-refractivity contribution in [3.05, 3.63) is 60.2 Å². The normalized spacial score (nSPS) is 17.6. The number of aryl methyl sites for hydroxylation is 1. The van der Waals surface area contributed by atoms with E-state index in [0.29, 0.717) is 24.5 Å². The number of ether oxygens (including phenoxy) is 2. The second-order valence-corrected chi connectivity index (χ2v) is 9.74. The number of hydrogen-bond donors (Lipinski definition) is 0. The highest BCUT2D eigenvalue weighted by Gasteiger charge is 2.38. The molecule has 1 atom stereocenters. The van der Waals surface area contributed by atoms with Crippen molar-refractivity contribution >= 4 is 27.8 Å². The van der Waals surface area contributed by atoms with E-state index < -0.39 is 22.0 Å². The molecule has 8 heteroatoms. The Hall–Kier alpha value is -2.03. The van der Waals surface area contributed by atoms with E-state index in [-0.39, 0.29) is 18.0 Å². The van der Waals surface area contributed by atoms with E-state index in [1.165, 1.54) is 4.31 Å². The summed E-state index contributed by atoms with van der Waals surface area (Å²) in [6.07, 6.45) is 0.533. The molecule has 6 nitrogen and oxygen atoms in total. The van der Waals surface area contributed by atoms with Gasteiger partial charge in [-0.2, -0.15) is 16.1 Å². The van der Waals surface area contributed by atoms with Crippen LogP contribution in [0.4, 0.5) is 0 Å². The van der Waals surface area contributed by atoms with Gasteiger partial charge in [0, 0.05) is 24.5 Å². The Labute approximate surface area is 176 Å². The summed E-state index contributed by atoms with van der Waals surface area (Å²) in [5, 5.41) is 0. The van der Waals surface area contributed by atoms with Crippen LogP contribution < -0.4 is 4.74 Å². The largest absolute Gasteiger partial charge is 0.493 e. The highest BCUT2D eigenvalue weighted by molar-refractivity contribution is 7.99. The summed E-state index contributed by atoms with van der Waals surface area (Å²) in [7, 11) is -3.75. The van der Waals surface area contributed by atoms with Gasteiger partial charge in [0.2, 0.25) is 10.0 Å². The molecule has 0 bridgehead atoms. The van der Waals surface area contributed by atoms with Crippen LogP contribution in [-0.4, -0.2) is 56.0 Å². The second-order valence-electron chi connectivity index (χ2n) is 6.70. The molecule has 3 rings (SSSR count). The Morgan fingerprint density at radius 3 is 2.55 bits per heavy atom. The van der Waals surface area contributed by atoms with Crippen molar-refractivity contribution in [1.82, 2.24) is 4.31 Å². The van der Waals surface area contributed by atoms with Gasteiger partial charge in [-0.15, -0.1) is 0 Å². The Kier molecular flexibility index (Phi) is 7.57. The smallest absolute Gasteiger partial charge is 0.325 e. The van der Waals surface area contributed by atoms with E-state index in [2.05, 4.69) is 0 Å². The quantitative estimate of drug-likeness (QED) is 0.469. The van der Waals surface area contributed by atoms with Crippen LogP contribution in [0.5, 0.6) is 5.75 Å². The molecule has 0 radical (unpaired) electrons. The number of rotatable bonds is 8. The van der Waals surface area contributed by atoms with Crippen molar-refractivity contribution in [2.24, 2.45) is 0 Å². The third kappa shape index (κ3) is 5.74. The molecule has 2 aromatic carbocycles. The third-order valence-electron chi connectivity index (χ3n) is 4.52. The number of para-hydroxylation sites is 1. The molecule has 1 fully saturated rings. The van der Waals surface area contributed by atoms with Crippen molar-refractivity contribution in [2.75, 3.05) is 31.3 Å². The van der Waals surface area contributed by atoms with Gasteiger partial charge in [0.1, 0.15) is 11.8 Å². The fourth-order valence-electron chi connectivity index (χ4n) is 2.94. The molecule has 0 N–H and O–H groups in total. The molecule has 1 aliphatic heterocycles. The summed E-state index contributed by atoms with van der Waals surface area (Å²) in [6, 6.07) is 15.3. The average Bonchev–Trinajstić information content (AvgIpc) is 2.74. The fraction of sp³-hybridized carbons (Fsp3) is 0.381. The summed E-state index contributed by atoms with van der Waals surface area (Å²) < 4.78 is 38.3. The predicted molar refractivity (Wildman–Crippen MR) is 114 cm³/mol. The maximum absolute atomic E-state index is 13.0. The minimum Gasteiger partial charge on any atom is -0.493 e. The second kappa shape index (κ2) is 10.1. The number of sulfonamides is 1. The number of benzene rings is 2. The molecule has 0 saturated carbocycles. The number of nitrogens with zero attached hydrogens (tertiary/aromatic N) is 1. The molecule has 0 amide bonds. The molecule has 0 unspecified atom stereocenters. The number of hydrogen-bond acceptors (Lipinski definition) is 6. The standard InChI is InChI=1S/C21H25NO5S2/c1-17-8-10-19(11-9-17)29(24,25)22-12-15-28-16-20(22)21(23)27-14-5-13-26-18-6-3-2-4-7-18/h2-4,6-11,20H,5,12-16H2,1H3/t20-/m0/s1. The fourth-order valence-corrected chi connectivity index (χ4v) is 5.76. The Balaban J connectivity index is 1.55. The lowest BCUT2D eigenvalue weighted by Crippen LogP contribution is -2.50. The first-order chi connectivity index (χ1) is 14.0. The first-order valence-electron chi connectivity index (χ1n) is 9.49. The first kappa shape index (κ1) is 21.7.